The molecule has 0 saturated heterocycles. The quantitative estimate of drug-likeness (QED) is 0.321. The molecule has 2 fully saturated rings. The average Bonchev–Trinajstić information content (AvgIpc) is 2.73. The Balaban J connectivity index is 1.39. The van der Waals surface area contributed by atoms with Gasteiger partial charge in [-0.15, -0.1) is 6.58 Å². The third-order valence-electron chi connectivity index (χ3n) is 7.27. The average molecular weight is 369 g/mol. The van der Waals surface area contributed by atoms with Crippen molar-refractivity contribution in [1.29, 1.82) is 0 Å². The van der Waals surface area contributed by atoms with Crippen molar-refractivity contribution in [3.63, 3.8) is 0 Å². The standard InChI is InChI=1S/C26H40O/c1-3-5-6-7-21-8-12-23(13-9-21)25-16-18-26(19-17-25)24-14-10-22(11-15-24)20-27-4-2/h3,10-11,14-15,21,23,25-26H,1,4-9,12-13,16-20H2,2H3. The van der Waals surface area contributed by atoms with Crippen molar-refractivity contribution in [2.24, 2.45) is 17.8 Å². The minimum absolute atomic E-state index is 0.750. The van der Waals surface area contributed by atoms with Crippen LogP contribution in [0.2, 0.25) is 0 Å². The number of rotatable bonds is 9. The SMILES string of the molecule is C=CCCCC1CCC(C2CCC(c3ccc(COCC)cc3)CC2)CC1. The van der Waals surface area contributed by atoms with Crippen LogP contribution in [0.4, 0.5) is 0 Å². The van der Waals surface area contributed by atoms with Crippen LogP contribution in [0.15, 0.2) is 36.9 Å². The molecule has 0 atom stereocenters. The van der Waals surface area contributed by atoms with Crippen LogP contribution < -0.4 is 0 Å². The van der Waals surface area contributed by atoms with Gasteiger partial charge < -0.3 is 4.74 Å². The van der Waals surface area contributed by atoms with E-state index in [0.29, 0.717) is 0 Å². The summed E-state index contributed by atoms with van der Waals surface area (Å²) in [5.74, 6) is 3.83. The van der Waals surface area contributed by atoms with Crippen molar-refractivity contribution in [2.75, 3.05) is 6.61 Å². The molecular formula is C26H40O. The maximum absolute atomic E-state index is 5.52. The van der Waals surface area contributed by atoms with E-state index in [4.69, 9.17) is 4.74 Å². The van der Waals surface area contributed by atoms with Crippen molar-refractivity contribution in [2.45, 2.75) is 90.1 Å². The number of benzene rings is 1. The highest BCUT2D eigenvalue weighted by molar-refractivity contribution is 5.25. The van der Waals surface area contributed by atoms with E-state index in [-0.39, 0.29) is 0 Å². The van der Waals surface area contributed by atoms with E-state index < -0.39 is 0 Å². The molecule has 1 nitrogen and oxygen atoms in total. The molecule has 0 amide bonds. The van der Waals surface area contributed by atoms with Crippen LogP contribution in [0.25, 0.3) is 0 Å². The normalized spacial score (nSPS) is 28.8. The van der Waals surface area contributed by atoms with Crippen LogP contribution in [0, 0.1) is 17.8 Å². The van der Waals surface area contributed by atoms with E-state index in [9.17, 15) is 0 Å². The second-order valence-electron chi connectivity index (χ2n) is 8.99. The summed E-state index contributed by atoms with van der Waals surface area (Å²) in [6.07, 6.45) is 17.8. The zero-order chi connectivity index (χ0) is 18.9. The van der Waals surface area contributed by atoms with E-state index >= 15 is 0 Å². The summed E-state index contributed by atoms with van der Waals surface area (Å²) < 4.78 is 5.52. The van der Waals surface area contributed by atoms with Gasteiger partial charge in [0.1, 0.15) is 0 Å². The molecular weight excluding hydrogens is 328 g/mol. The predicted octanol–water partition coefficient (Wildman–Crippen LogP) is 7.66. The van der Waals surface area contributed by atoms with Gasteiger partial charge in [-0.3, -0.25) is 0 Å². The third-order valence-corrected chi connectivity index (χ3v) is 7.27. The van der Waals surface area contributed by atoms with Gasteiger partial charge in [0.25, 0.3) is 0 Å². The molecule has 2 aliphatic rings. The van der Waals surface area contributed by atoms with Crippen LogP contribution in [0.5, 0.6) is 0 Å². The molecule has 27 heavy (non-hydrogen) atoms. The third kappa shape index (κ3) is 6.21. The van der Waals surface area contributed by atoms with Gasteiger partial charge in [0.05, 0.1) is 6.61 Å². The Bertz CT molecular complexity index is 530. The Morgan fingerprint density at radius 3 is 2.15 bits per heavy atom. The molecule has 0 heterocycles. The molecule has 0 radical (unpaired) electrons. The lowest BCUT2D eigenvalue weighted by Gasteiger charge is -2.38. The van der Waals surface area contributed by atoms with E-state index in [2.05, 4.69) is 43.8 Å². The Morgan fingerprint density at radius 2 is 1.56 bits per heavy atom. The minimum Gasteiger partial charge on any atom is -0.377 e. The first kappa shape index (κ1) is 20.6. The van der Waals surface area contributed by atoms with Crippen molar-refractivity contribution < 1.29 is 4.74 Å². The predicted molar refractivity (Wildman–Crippen MR) is 116 cm³/mol. The van der Waals surface area contributed by atoms with Crippen molar-refractivity contribution in [3.8, 4) is 0 Å². The summed E-state index contributed by atoms with van der Waals surface area (Å²) in [5, 5.41) is 0. The molecule has 2 aliphatic carbocycles. The molecule has 0 bridgehead atoms. The second-order valence-corrected chi connectivity index (χ2v) is 8.99. The van der Waals surface area contributed by atoms with E-state index in [1.54, 1.807) is 5.56 Å². The Morgan fingerprint density at radius 1 is 0.926 bits per heavy atom. The number of allylic oxidation sites excluding steroid dienone is 1. The van der Waals surface area contributed by atoms with Crippen LogP contribution in [0.1, 0.15) is 94.6 Å². The molecule has 1 aromatic rings. The summed E-state index contributed by atoms with van der Waals surface area (Å²) in [6, 6.07) is 9.25. The monoisotopic (exact) mass is 368 g/mol. The fourth-order valence-electron chi connectivity index (χ4n) is 5.53. The van der Waals surface area contributed by atoms with Gasteiger partial charge in [-0.2, -0.15) is 0 Å². The summed E-state index contributed by atoms with van der Waals surface area (Å²) in [7, 11) is 0. The first-order valence-electron chi connectivity index (χ1n) is 11.6. The Kier molecular flexibility index (Phi) is 8.45. The first-order chi connectivity index (χ1) is 13.3. The number of hydrogen-bond donors (Lipinski definition) is 0. The Hall–Kier alpha value is -1.08. The molecule has 1 heteroatoms. The minimum atomic E-state index is 0.750. The van der Waals surface area contributed by atoms with Crippen LogP contribution in [-0.2, 0) is 11.3 Å². The fourth-order valence-corrected chi connectivity index (χ4v) is 5.53. The lowest BCUT2D eigenvalue weighted by molar-refractivity contribution is 0.134. The summed E-state index contributed by atoms with van der Waals surface area (Å²) in [4.78, 5) is 0. The number of ether oxygens (including phenoxy) is 1. The molecule has 1 aromatic carbocycles. The maximum Gasteiger partial charge on any atom is 0.0716 e. The molecule has 2 saturated carbocycles. The first-order valence-corrected chi connectivity index (χ1v) is 11.6. The lowest BCUT2D eigenvalue weighted by atomic mass is 9.68. The van der Waals surface area contributed by atoms with Gasteiger partial charge in [-0.1, -0.05) is 49.6 Å². The molecule has 0 spiro atoms. The smallest absolute Gasteiger partial charge is 0.0716 e. The van der Waals surface area contributed by atoms with Gasteiger partial charge in [-0.25, -0.2) is 0 Å². The van der Waals surface area contributed by atoms with Crippen LogP contribution in [0.3, 0.4) is 0 Å². The van der Waals surface area contributed by atoms with Gasteiger partial charge in [0, 0.05) is 6.61 Å². The highest BCUT2D eigenvalue weighted by Gasteiger charge is 2.31. The topological polar surface area (TPSA) is 9.23 Å². The van der Waals surface area contributed by atoms with Crippen LogP contribution >= 0.6 is 0 Å². The van der Waals surface area contributed by atoms with Gasteiger partial charge in [0.2, 0.25) is 0 Å². The van der Waals surface area contributed by atoms with E-state index in [1.165, 1.54) is 76.2 Å². The molecule has 0 aromatic heterocycles. The van der Waals surface area contributed by atoms with Gasteiger partial charge in [0.15, 0.2) is 0 Å². The summed E-state index contributed by atoms with van der Waals surface area (Å²) in [5.41, 5.74) is 2.86. The molecule has 0 unspecified atom stereocenters. The van der Waals surface area contributed by atoms with Crippen LogP contribution in [-0.4, -0.2) is 6.61 Å². The van der Waals surface area contributed by atoms with Gasteiger partial charge >= 0.3 is 0 Å². The fraction of sp³-hybridized carbons (Fsp3) is 0.692. The second kappa shape index (κ2) is 11.1. The zero-order valence-corrected chi connectivity index (χ0v) is 17.5. The molecule has 3 rings (SSSR count). The summed E-state index contributed by atoms with van der Waals surface area (Å²) in [6.45, 7) is 7.46. The lowest BCUT2D eigenvalue weighted by Crippen LogP contribution is -2.25. The highest BCUT2D eigenvalue weighted by atomic mass is 16.5. The highest BCUT2D eigenvalue weighted by Crippen LogP contribution is 2.44. The number of hydrogen-bond acceptors (Lipinski definition) is 1. The maximum atomic E-state index is 5.52. The van der Waals surface area contributed by atoms with Crippen molar-refractivity contribution >= 4 is 0 Å². The van der Waals surface area contributed by atoms with Crippen molar-refractivity contribution in [1.82, 2.24) is 0 Å². The Labute approximate surface area is 167 Å². The van der Waals surface area contributed by atoms with Crippen molar-refractivity contribution in [3.05, 3.63) is 48.0 Å². The summed E-state index contributed by atoms with van der Waals surface area (Å²) >= 11 is 0. The number of unbranched alkanes of at least 4 members (excludes halogenated alkanes) is 1. The molecule has 0 aliphatic heterocycles. The van der Waals surface area contributed by atoms with Gasteiger partial charge in [-0.05, 0) is 93.1 Å². The zero-order valence-electron chi connectivity index (χ0n) is 17.5. The van der Waals surface area contributed by atoms with E-state index in [1.807, 2.05) is 0 Å². The molecule has 0 N–H and O–H groups in total. The largest absolute Gasteiger partial charge is 0.377 e. The molecule has 150 valence electrons. The van der Waals surface area contributed by atoms with E-state index in [0.717, 1.165) is 36.9 Å².